The van der Waals surface area contributed by atoms with Gasteiger partial charge in [0.05, 0.1) is 0 Å². The van der Waals surface area contributed by atoms with E-state index in [4.69, 9.17) is 0 Å². The number of rotatable bonds is 6. The summed E-state index contributed by atoms with van der Waals surface area (Å²) in [6.45, 7) is 6.62. The second-order valence-corrected chi connectivity index (χ2v) is 6.12. The molecule has 0 heterocycles. The van der Waals surface area contributed by atoms with Crippen molar-refractivity contribution in [2.45, 2.75) is 32.9 Å². The van der Waals surface area contributed by atoms with E-state index in [1.807, 2.05) is 0 Å². The van der Waals surface area contributed by atoms with Crippen LogP contribution in [0.2, 0.25) is 0 Å². The molecule has 0 aliphatic rings. The molecule has 16 heavy (non-hydrogen) atoms. The third kappa shape index (κ3) is 4.92. The molecule has 0 fully saturated rings. The number of hydrogen-bond donors (Lipinski definition) is 0. The van der Waals surface area contributed by atoms with E-state index in [2.05, 4.69) is 66.7 Å². The van der Waals surface area contributed by atoms with Crippen LogP contribution in [0.5, 0.6) is 0 Å². The van der Waals surface area contributed by atoms with Crippen LogP contribution < -0.4 is 0 Å². The Labute approximate surface area is 112 Å². The van der Waals surface area contributed by atoms with E-state index in [0.717, 1.165) is 17.0 Å². The molecular formula is C14H21BrS. The van der Waals surface area contributed by atoms with Crippen LogP contribution >= 0.6 is 27.7 Å². The zero-order valence-corrected chi connectivity index (χ0v) is 12.8. The Bertz CT molecular complexity index is 298. The minimum Gasteiger partial charge on any atom is -0.157 e. The molecule has 1 aromatic rings. The number of alkyl halides is 1. The van der Waals surface area contributed by atoms with Gasteiger partial charge in [-0.2, -0.15) is 11.8 Å². The molecule has 1 atom stereocenters. The van der Waals surface area contributed by atoms with Gasteiger partial charge in [-0.1, -0.05) is 58.6 Å². The first kappa shape index (κ1) is 14.1. The maximum absolute atomic E-state index is 3.57. The number of aryl methyl sites for hydroxylation is 2. The van der Waals surface area contributed by atoms with Crippen LogP contribution in [0.4, 0.5) is 0 Å². The number of benzene rings is 1. The van der Waals surface area contributed by atoms with E-state index in [1.54, 1.807) is 0 Å². The summed E-state index contributed by atoms with van der Waals surface area (Å²) in [7, 11) is 0. The molecule has 0 radical (unpaired) electrons. The zero-order valence-electron chi connectivity index (χ0n) is 10.4. The molecule has 2 heteroatoms. The van der Waals surface area contributed by atoms with E-state index in [1.165, 1.54) is 28.9 Å². The summed E-state index contributed by atoms with van der Waals surface area (Å²) in [5.41, 5.74) is 4.22. The molecule has 0 bridgehead atoms. The fourth-order valence-electron chi connectivity index (χ4n) is 1.77. The Hall–Kier alpha value is 0.0500. The second kappa shape index (κ2) is 7.39. The van der Waals surface area contributed by atoms with E-state index < -0.39 is 0 Å². The SMILES string of the molecule is CCC(CBr)CSCc1cc(C)cc(C)c1. The quantitative estimate of drug-likeness (QED) is 0.669. The lowest BCUT2D eigenvalue weighted by molar-refractivity contribution is 0.652. The van der Waals surface area contributed by atoms with Crippen LogP contribution in [0.3, 0.4) is 0 Å². The monoisotopic (exact) mass is 300 g/mol. The Morgan fingerprint density at radius 3 is 2.31 bits per heavy atom. The summed E-state index contributed by atoms with van der Waals surface area (Å²) in [6, 6.07) is 6.84. The summed E-state index contributed by atoms with van der Waals surface area (Å²) in [5.74, 6) is 3.22. The molecule has 0 saturated heterocycles. The highest BCUT2D eigenvalue weighted by Crippen LogP contribution is 2.20. The van der Waals surface area contributed by atoms with E-state index in [0.29, 0.717) is 0 Å². The van der Waals surface area contributed by atoms with Gasteiger partial charge in [-0.25, -0.2) is 0 Å². The van der Waals surface area contributed by atoms with Crippen molar-refractivity contribution in [2.24, 2.45) is 5.92 Å². The Morgan fingerprint density at radius 1 is 1.19 bits per heavy atom. The standard InChI is InChI=1S/C14H21BrS/c1-4-13(8-15)9-16-10-14-6-11(2)5-12(3)7-14/h5-7,13H,4,8-10H2,1-3H3. The van der Waals surface area contributed by atoms with E-state index in [9.17, 15) is 0 Å². The third-order valence-corrected chi connectivity index (χ3v) is 4.86. The first-order valence-corrected chi connectivity index (χ1v) is 8.14. The maximum atomic E-state index is 3.57. The van der Waals surface area contributed by atoms with Gasteiger partial charge in [-0.3, -0.25) is 0 Å². The van der Waals surface area contributed by atoms with Crippen LogP contribution in [0.25, 0.3) is 0 Å². The summed E-state index contributed by atoms with van der Waals surface area (Å²) in [4.78, 5) is 0. The average molecular weight is 301 g/mol. The zero-order chi connectivity index (χ0) is 12.0. The number of thioether (sulfide) groups is 1. The maximum Gasteiger partial charge on any atom is 0.0184 e. The second-order valence-electron chi connectivity index (χ2n) is 4.44. The molecule has 0 aromatic heterocycles. The lowest BCUT2D eigenvalue weighted by Crippen LogP contribution is -2.03. The predicted octanol–water partition coefficient (Wildman–Crippen LogP) is 4.96. The first-order valence-electron chi connectivity index (χ1n) is 5.86. The van der Waals surface area contributed by atoms with Gasteiger partial charge >= 0.3 is 0 Å². The normalized spacial score (nSPS) is 12.8. The van der Waals surface area contributed by atoms with Crippen LogP contribution in [0.15, 0.2) is 18.2 Å². The van der Waals surface area contributed by atoms with Crippen LogP contribution in [-0.4, -0.2) is 11.1 Å². The summed E-state index contributed by atoms with van der Waals surface area (Å²) < 4.78 is 0. The van der Waals surface area contributed by atoms with Crippen LogP contribution in [0, 0.1) is 19.8 Å². The highest BCUT2D eigenvalue weighted by atomic mass is 79.9. The van der Waals surface area contributed by atoms with Gasteiger partial charge in [0.25, 0.3) is 0 Å². The summed E-state index contributed by atoms with van der Waals surface area (Å²) >= 11 is 5.62. The molecule has 0 nitrogen and oxygen atoms in total. The molecule has 90 valence electrons. The van der Waals surface area contributed by atoms with Gasteiger partial charge in [0.2, 0.25) is 0 Å². The minimum atomic E-state index is 0.816. The molecule has 1 unspecified atom stereocenters. The molecule has 1 rings (SSSR count). The van der Waals surface area contributed by atoms with Crippen molar-refractivity contribution in [1.29, 1.82) is 0 Å². The molecule has 0 aliphatic carbocycles. The molecule has 0 amide bonds. The average Bonchev–Trinajstić information content (AvgIpc) is 2.23. The molecule has 1 aromatic carbocycles. The molecular weight excluding hydrogens is 280 g/mol. The van der Waals surface area contributed by atoms with Crippen molar-refractivity contribution in [1.82, 2.24) is 0 Å². The predicted molar refractivity (Wildman–Crippen MR) is 79.7 cm³/mol. The van der Waals surface area contributed by atoms with E-state index >= 15 is 0 Å². The van der Waals surface area contributed by atoms with Crippen LogP contribution in [-0.2, 0) is 5.75 Å². The largest absolute Gasteiger partial charge is 0.157 e. The Balaban J connectivity index is 2.42. The van der Waals surface area contributed by atoms with E-state index in [-0.39, 0.29) is 0 Å². The summed E-state index contributed by atoms with van der Waals surface area (Å²) in [6.07, 6.45) is 1.27. The highest BCUT2D eigenvalue weighted by Gasteiger charge is 2.04. The van der Waals surface area contributed by atoms with Gasteiger partial charge in [0.15, 0.2) is 0 Å². The highest BCUT2D eigenvalue weighted by molar-refractivity contribution is 9.09. The van der Waals surface area contributed by atoms with Gasteiger partial charge in [-0.05, 0) is 31.1 Å². The smallest absolute Gasteiger partial charge is 0.0184 e. The van der Waals surface area contributed by atoms with Crippen molar-refractivity contribution < 1.29 is 0 Å². The number of halogens is 1. The van der Waals surface area contributed by atoms with Crippen molar-refractivity contribution in [3.8, 4) is 0 Å². The van der Waals surface area contributed by atoms with Crippen molar-refractivity contribution in [2.75, 3.05) is 11.1 Å². The first-order chi connectivity index (χ1) is 7.65. The molecule has 0 spiro atoms. The van der Waals surface area contributed by atoms with Gasteiger partial charge in [0, 0.05) is 11.1 Å². The van der Waals surface area contributed by atoms with Gasteiger partial charge < -0.3 is 0 Å². The fourth-order valence-corrected chi connectivity index (χ4v) is 3.96. The van der Waals surface area contributed by atoms with Crippen molar-refractivity contribution in [3.63, 3.8) is 0 Å². The third-order valence-electron chi connectivity index (χ3n) is 2.70. The lowest BCUT2D eigenvalue weighted by atomic mass is 10.1. The summed E-state index contributed by atoms with van der Waals surface area (Å²) in [5, 5.41) is 1.13. The molecule has 0 N–H and O–H groups in total. The van der Waals surface area contributed by atoms with Gasteiger partial charge in [0.1, 0.15) is 0 Å². The molecule has 0 saturated carbocycles. The topological polar surface area (TPSA) is 0 Å². The van der Waals surface area contributed by atoms with Gasteiger partial charge in [-0.15, -0.1) is 0 Å². The van der Waals surface area contributed by atoms with Crippen molar-refractivity contribution >= 4 is 27.7 Å². The Morgan fingerprint density at radius 2 is 1.81 bits per heavy atom. The fraction of sp³-hybridized carbons (Fsp3) is 0.571. The lowest BCUT2D eigenvalue weighted by Gasteiger charge is -2.11. The molecule has 0 aliphatic heterocycles. The van der Waals surface area contributed by atoms with Crippen LogP contribution in [0.1, 0.15) is 30.0 Å². The Kier molecular flexibility index (Phi) is 6.52. The minimum absolute atomic E-state index is 0.816. The van der Waals surface area contributed by atoms with Crippen molar-refractivity contribution in [3.05, 3.63) is 34.9 Å². The number of hydrogen-bond acceptors (Lipinski definition) is 1.